The fourth-order valence-corrected chi connectivity index (χ4v) is 4.35. The summed E-state index contributed by atoms with van der Waals surface area (Å²) in [5, 5.41) is 0.0748. The Bertz CT molecular complexity index is 679. The Morgan fingerprint density at radius 3 is 2.73 bits per heavy atom. The minimum absolute atomic E-state index is 0.0285. The maximum absolute atomic E-state index is 13.0. The average Bonchev–Trinajstić information content (AvgIpc) is 2.80. The number of benzene rings is 1. The largest absolute Gasteiger partial charge is 0.479 e. The van der Waals surface area contributed by atoms with E-state index >= 15 is 0 Å². The monoisotopic (exact) mass is 349 g/mol. The van der Waals surface area contributed by atoms with E-state index in [0.717, 1.165) is 6.07 Å². The molecule has 1 heterocycles. The van der Waals surface area contributed by atoms with E-state index in [9.17, 15) is 17.6 Å². The van der Waals surface area contributed by atoms with Crippen LogP contribution in [0.5, 0.6) is 5.75 Å². The zero-order chi connectivity index (χ0) is 16.5. The second kappa shape index (κ2) is 6.42. The van der Waals surface area contributed by atoms with Crippen LogP contribution in [-0.2, 0) is 14.6 Å². The molecule has 5 nitrogen and oxygen atoms in total. The maximum Gasteiger partial charge on any atom is 0.263 e. The summed E-state index contributed by atoms with van der Waals surface area (Å²) in [6.07, 6.45) is -0.425. The number of carbonyl (C=O) groups excluding carboxylic acids is 1. The van der Waals surface area contributed by atoms with E-state index in [1.165, 1.54) is 17.0 Å². The van der Waals surface area contributed by atoms with Gasteiger partial charge in [0.1, 0.15) is 11.6 Å². The molecule has 1 aliphatic rings. The van der Waals surface area contributed by atoms with Gasteiger partial charge in [-0.3, -0.25) is 4.79 Å². The maximum atomic E-state index is 13.0. The Morgan fingerprint density at radius 2 is 2.18 bits per heavy atom. The van der Waals surface area contributed by atoms with Crippen LogP contribution in [0.2, 0.25) is 5.02 Å². The Labute approximate surface area is 133 Å². The Balaban J connectivity index is 2.02. The van der Waals surface area contributed by atoms with Crippen molar-refractivity contribution in [1.29, 1.82) is 0 Å². The normalized spacial score (nSPS) is 21.4. The molecule has 0 bridgehead atoms. The molecule has 122 valence electrons. The van der Waals surface area contributed by atoms with E-state index < -0.39 is 21.8 Å². The second-order valence-corrected chi connectivity index (χ2v) is 7.98. The minimum Gasteiger partial charge on any atom is -0.479 e. The van der Waals surface area contributed by atoms with Gasteiger partial charge in [0, 0.05) is 13.1 Å². The van der Waals surface area contributed by atoms with Gasteiger partial charge in [-0.1, -0.05) is 11.6 Å². The summed E-state index contributed by atoms with van der Waals surface area (Å²) in [6, 6.07) is 3.29. The molecule has 8 heteroatoms. The number of rotatable bonds is 4. The summed E-state index contributed by atoms with van der Waals surface area (Å²) in [7, 11) is -1.51. The first kappa shape index (κ1) is 17.0. The number of sulfone groups is 1. The molecule has 2 rings (SSSR count). The Hall–Kier alpha value is -1.34. The smallest absolute Gasteiger partial charge is 0.263 e. The van der Waals surface area contributed by atoms with Gasteiger partial charge >= 0.3 is 0 Å². The highest BCUT2D eigenvalue weighted by atomic mass is 35.5. The standard InChI is InChI=1S/C14H17ClFNO4S/c1-9(21-13-4-3-10(16)7-12(13)15)14(18)17(2)11-5-6-22(19,20)8-11/h3-4,7,9,11H,5-6,8H2,1-2H3. The molecule has 1 saturated heterocycles. The lowest BCUT2D eigenvalue weighted by atomic mass is 10.2. The van der Waals surface area contributed by atoms with Gasteiger partial charge in [0.2, 0.25) is 0 Å². The molecular weight excluding hydrogens is 333 g/mol. The molecule has 2 atom stereocenters. The highest BCUT2D eigenvalue weighted by Crippen LogP contribution is 2.26. The van der Waals surface area contributed by atoms with Gasteiger partial charge in [0.25, 0.3) is 5.91 Å². The van der Waals surface area contributed by atoms with Crippen molar-refractivity contribution in [2.75, 3.05) is 18.6 Å². The van der Waals surface area contributed by atoms with E-state index in [1.54, 1.807) is 14.0 Å². The first-order valence-electron chi connectivity index (χ1n) is 6.78. The molecule has 1 aromatic rings. The van der Waals surface area contributed by atoms with Gasteiger partial charge < -0.3 is 9.64 Å². The fourth-order valence-electron chi connectivity index (χ4n) is 2.36. The molecule has 22 heavy (non-hydrogen) atoms. The summed E-state index contributed by atoms with van der Waals surface area (Å²) >= 11 is 5.85. The van der Waals surface area contributed by atoms with Crippen molar-refractivity contribution in [1.82, 2.24) is 4.90 Å². The van der Waals surface area contributed by atoms with Crippen molar-refractivity contribution >= 4 is 27.3 Å². The SMILES string of the molecule is CC(Oc1ccc(F)cc1Cl)C(=O)N(C)C1CCS(=O)(=O)C1. The predicted octanol–water partition coefficient (Wildman–Crippen LogP) is 1.89. The number of halogens is 2. The van der Waals surface area contributed by atoms with Crippen LogP contribution in [0.3, 0.4) is 0 Å². The van der Waals surface area contributed by atoms with Crippen molar-refractivity contribution in [3.05, 3.63) is 29.0 Å². The number of nitrogens with zero attached hydrogens (tertiary/aromatic N) is 1. The molecule has 0 aromatic heterocycles. The number of likely N-dealkylation sites (N-methyl/N-ethyl adjacent to an activating group) is 1. The van der Waals surface area contributed by atoms with E-state index in [2.05, 4.69) is 0 Å². The Kier molecular flexibility index (Phi) is 4.97. The van der Waals surface area contributed by atoms with Crippen molar-refractivity contribution in [3.8, 4) is 5.75 Å². The van der Waals surface area contributed by atoms with Crippen molar-refractivity contribution in [3.63, 3.8) is 0 Å². The Morgan fingerprint density at radius 1 is 1.50 bits per heavy atom. The van der Waals surface area contributed by atoms with Crippen molar-refractivity contribution < 1.29 is 22.3 Å². The zero-order valence-electron chi connectivity index (χ0n) is 12.3. The molecular formula is C14H17ClFNO4S. The number of hydrogen-bond acceptors (Lipinski definition) is 4. The van der Waals surface area contributed by atoms with Crippen LogP contribution in [0.1, 0.15) is 13.3 Å². The highest BCUT2D eigenvalue weighted by Gasteiger charge is 2.34. The summed E-state index contributed by atoms with van der Waals surface area (Å²) in [5.74, 6) is -0.573. The van der Waals surface area contributed by atoms with Crippen LogP contribution in [0.25, 0.3) is 0 Å². The van der Waals surface area contributed by atoms with Crippen LogP contribution >= 0.6 is 11.6 Å². The van der Waals surface area contributed by atoms with Gasteiger partial charge in [-0.2, -0.15) is 0 Å². The van der Waals surface area contributed by atoms with Crippen LogP contribution in [0.15, 0.2) is 18.2 Å². The molecule has 2 unspecified atom stereocenters. The number of ether oxygens (including phenoxy) is 1. The number of carbonyl (C=O) groups is 1. The first-order valence-corrected chi connectivity index (χ1v) is 8.98. The van der Waals surface area contributed by atoms with Crippen LogP contribution < -0.4 is 4.74 Å². The average molecular weight is 350 g/mol. The number of amides is 1. The minimum atomic E-state index is -3.07. The molecule has 1 aliphatic heterocycles. The van der Waals surface area contributed by atoms with Crippen molar-refractivity contribution in [2.24, 2.45) is 0 Å². The summed E-state index contributed by atoms with van der Waals surface area (Å²) < 4.78 is 41.4. The lowest BCUT2D eigenvalue weighted by Gasteiger charge is -2.27. The predicted molar refractivity (Wildman–Crippen MR) is 81.3 cm³/mol. The van der Waals surface area contributed by atoms with Crippen LogP contribution in [0, 0.1) is 5.82 Å². The third kappa shape index (κ3) is 3.89. The number of hydrogen-bond donors (Lipinski definition) is 0. The van der Waals surface area contributed by atoms with Gasteiger partial charge in [-0.05, 0) is 31.5 Å². The van der Waals surface area contributed by atoms with Crippen molar-refractivity contribution in [2.45, 2.75) is 25.5 Å². The van der Waals surface area contributed by atoms with E-state index in [-0.39, 0.29) is 34.2 Å². The molecule has 0 spiro atoms. The highest BCUT2D eigenvalue weighted by molar-refractivity contribution is 7.91. The molecule has 0 saturated carbocycles. The van der Waals surface area contributed by atoms with E-state index in [0.29, 0.717) is 6.42 Å². The second-order valence-electron chi connectivity index (χ2n) is 5.34. The molecule has 1 fully saturated rings. The third-order valence-corrected chi connectivity index (χ3v) is 5.69. The van der Waals surface area contributed by atoms with Gasteiger partial charge in [-0.15, -0.1) is 0 Å². The zero-order valence-corrected chi connectivity index (χ0v) is 13.8. The lowest BCUT2D eigenvalue weighted by molar-refractivity contribution is -0.138. The fraction of sp³-hybridized carbons (Fsp3) is 0.500. The quantitative estimate of drug-likeness (QED) is 0.832. The summed E-state index contributed by atoms with van der Waals surface area (Å²) in [6.45, 7) is 1.54. The summed E-state index contributed by atoms with van der Waals surface area (Å²) in [5.41, 5.74) is 0. The first-order chi connectivity index (χ1) is 10.2. The third-order valence-electron chi connectivity index (χ3n) is 3.65. The summed E-state index contributed by atoms with van der Waals surface area (Å²) in [4.78, 5) is 13.7. The topological polar surface area (TPSA) is 63.7 Å². The van der Waals surface area contributed by atoms with Gasteiger partial charge in [0.05, 0.1) is 16.5 Å². The van der Waals surface area contributed by atoms with Crippen LogP contribution in [0.4, 0.5) is 4.39 Å². The lowest BCUT2D eigenvalue weighted by Crippen LogP contribution is -2.44. The molecule has 0 aliphatic carbocycles. The molecule has 1 amide bonds. The van der Waals surface area contributed by atoms with E-state index in [1.807, 2.05) is 0 Å². The van der Waals surface area contributed by atoms with E-state index in [4.69, 9.17) is 16.3 Å². The van der Waals surface area contributed by atoms with Gasteiger partial charge in [0.15, 0.2) is 15.9 Å². The molecule has 0 N–H and O–H groups in total. The molecule has 0 radical (unpaired) electrons. The molecule has 1 aromatic carbocycles. The van der Waals surface area contributed by atoms with Crippen LogP contribution in [-0.4, -0.2) is 49.9 Å². The van der Waals surface area contributed by atoms with Gasteiger partial charge in [-0.25, -0.2) is 12.8 Å².